The lowest BCUT2D eigenvalue weighted by atomic mass is 10.1. The van der Waals surface area contributed by atoms with E-state index in [0.29, 0.717) is 5.92 Å². The van der Waals surface area contributed by atoms with Crippen molar-refractivity contribution in [3.05, 3.63) is 35.0 Å². The smallest absolute Gasteiger partial charge is 0.152 e. The van der Waals surface area contributed by atoms with Crippen molar-refractivity contribution < 1.29 is 4.79 Å². The molecule has 0 bridgehead atoms. The van der Waals surface area contributed by atoms with Gasteiger partial charge in [-0.1, -0.05) is 18.2 Å². The van der Waals surface area contributed by atoms with Gasteiger partial charge in [-0.15, -0.1) is 0 Å². The van der Waals surface area contributed by atoms with Gasteiger partial charge in [-0.2, -0.15) is 0 Å². The van der Waals surface area contributed by atoms with Crippen LogP contribution in [0.2, 0.25) is 0 Å². The molecule has 0 saturated heterocycles. The molecule has 1 heterocycles. The number of nitrogens with one attached hydrogen (secondary N) is 1. The zero-order chi connectivity index (χ0) is 10.4. The molecule has 2 aromatic rings. The van der Waals surface area contributed by atoms with E-state index in [4.69, 9.17) is 0 Å². The van der Waals surface area contributed by atoms with Crippen molar-refractivity contribution in [3.63, 3.8) is 0 Å². The van der Waals surface area contributed by atoms with Crippen molar-refractivity contribution >= 4 is 17.2 Å². The molecule has 0 amide bonds. The molecule has 0 aliphatic heterocycles. The number of rotatable bonds is 2. The maximum Gasteiger partial charge on any atom is 0.152 e. The van der Waals surface area contributed by atoms with Gasteiger partial charge in [0.2, 0.25) is 0 Å². The van der Waals surface area contributed by atoms with E-state index in [1.807, 2.05) is 12.1 Å². The van der Waals surface area contributed by atoms with Gasteiger partial charge in [0.1, 0.15) is 0 Å². The fraction of sp³-hybridized carbons (Fsp3) is 0.308. The van der Waals surface area contributed by atoms with Crippen LogP contribution in [0.1, 0.15) is 40.4 Å². The van der Waals surface area contributed by atoms with Gasteiger partial charge < -0.3 is 4.98 Å². The van der Waals surface area contributed by atoms with Crippen LogP contribution < -0.4 is 0 Å². The Morgan fingerprint density at radius 2 is 2.20 bits per heavy atom. The summed E-state index contributed by atoms with van der Waals surface area (Å²) in [6.45, 7) is 2.07. The van der Waals surface area contributed by atoms with Gasteiger partial charge in [0.15, 0.2) is 6.29 Å². The van der Waals surface area contributed by atoms with Crippen molar-refractivity contribution in [2.45, 2.75) is 25.7 Å². The number of H-pyrrole nitrogens is 1. The second-order valence-corrected chi connectivity index (χ2v) is 4.34. The first-order valence-corrected chi connectivity index (χ1v) is 5.37. The van der Waals surface area contributed by atoms with E-state index in [0.717, 1.165) is 28.4 Å². The highest BCUT2D eigenvalue weighted by Crippen LogP contribution is 2.42. The monoisotopic (exact) mass is 199 g/mol. The van der Waals surface area contributed by atoms with E-state index in [2.05, 4.69) is 18.0 Å². The van der Waals surface area contributed by atoms with Crippen LogP contribution in [0.4, 0.5) is 0 Å². The largest absolute Gasteiger partial charge is 0.357 e. The Hall–Kier alpha value is -1.57. The molecule has 0 unspecified atom stereocenters. The summed E-state index contributed by atoms with van der Waals surface area (Å²) in [5, 5.41) is 1.08. The predicted molar refractivity (Wildman–Crippen MR) is 60.4 cm³/mol. The Kier molecular flexibility index (Phi) is 1.72. The van der Waals surface area contributed by atoms with Gasteiger partial charge in [0.05, 0.1) is 0 Å². The maximum atomic E-state index is 11.1. The molecule has 1 aliphatic rings. The number of carbonyl (C=O) groups excluding carboxylic acids is 1. The van der Waals surface area contributed by atoms with Crippen LogP contribution in [-0.2, 0) is 0 Å². The van der Waals surface area contributed by atoms with E-state index in [1.54, 1.807) is 0 Å². The number of aromatic nitrogens is 1. The molecule has 1 fully saturated rings. The molecular formula is C13H13NO. The topological polar surface area (TPSA) is 32.9 Å². The van der Waals surface area contributed by atoms with E-state index < -0.39 is 0 Å². The van der Waals surface area contributed by atoms with Gasteiger partial charge in [-0.05, 0) is 31.2 Å². The van der Waals surface area contributed by atoms with Crippen LogP contribution in [0.3, 0.4) is 0 Å². The van der Waals surface area contributed by atoms with Crippen LogP contribution in [0.15, 0.2) is 18.2 Å². The molecule has 1 aromatic carbocycles. The first-order valence-electron chi connectivity index (χ1n) is 5.37. The van der Waals surface area contributed by atoms with Gasteiger partial charge in [0, 0.05) is 22.2 Å². The van der Waals surface area contributed by atoms with Crippen LogP contribution in [-0.4, -0.2) is 11.3 Å². The summed E-state index contributed by atoms with van der Waals surface area (Å²) < 4.78 is 0. The molecule has 2 nitrogen and oxygen atoms in total. The minimum absolute atomic E-state index is 0.594. The molecule has 1 aliphatic carbocycles. The zero-order valence-corrected chi connectivity index (χ0v) is 8.71. The van der Waals surface area contributed by atoms with Gasteiger partial charge >= 0.3 is 0 Å². The molecule has 15 heavy (non-hydrogen) atoms. The number of hydrogen-bond donors (Lipinski definition) is 1. The van der Waals surface area contributed by atoms with Crippen molar-refractivity contribution in [3.8, 4) is 0 Å². The molecule has 1 N–H and O–H groups in total. The van der Waals surface area contributed by atoms with Crippen molar-refractivity contribution in [2.75, 3.05) is 0 Å². The third kappa shape index (κ3) is 1.21. The number of hydrogen-bond acceptors (Lipinski definition) is 1. The quantitative estimate of drug-likeness (QED) is 0.740. The zero-order valence-electron chi connectivity index (χ0n) is 8.71. The van der Waals surface area contributed by atoms with E-state index in [-0.39, 0.29) is 0 Å². The minimum atomic E-state index is 0.594. The molecule has 76 valence electrons. The van der Waals surface area contributed by atoms with Gasteiger partial charge in [-0.3, -0.25) is 4.79 Å². The fourth-order valence-corrected chi connectivity index (χ4v) is 2.23. The number of aryl methyl sites for hydroxylation is 1. The summed E-state index contributed by atoms with van der Waals surface area (Å²) in [7, 11) is 0. The standard InChI is InChI=1S/C13H13NO/c1-8-3-2-4-10-11(7-15)13(9-5-6-9)14-12(8)10/h2-4,7,9,14H,5-6H2,1H3. The average molecular weight is 199 g/mol. The molecule has 2 heteroatoms. The lowest BCUT2D eigenvalue weighted by Gasteiger charge is -1.93. The number of fused-ring (bicyclic) bond motifs is 1. The third-order valence-electron chi connectivity index (χ3n) is 3.22. The second kappa shape index (κ2) is 2.96. The first kappa shape index (κ1) is 8.72. The number of carbonyl (C=O) groups is 1. The van der Waals surface area contributed by atoms with Crippen molar-refractivity contribution in [1.82, 2.24) is 4.98 Å². The second-order valence-electron chi connectivity index (χ2n) is 4.34. The lowest BCUT2D eigenvalue weighted by Crippen LogP contribution is -1.85. The molecule has 0 spiro atoms. The average Bonchev–Trinajstić information content (AvgIpc) is 3.00. The minimum Gasteiger partial charge on any atom is -0.357 e. The SMILES string of the molecule is Cc1cccc2c(C=O)c(C3CC3)[nH]c12. The lowest BCUT2D eigenvalue weighted by molar-refractivity contribution is 0.112. The summed E-state index contributed by atoms with van der Waals surface area (Å²) in [4.78, 5) is 14.5. The van der Waals surface area contributed by atoms with Crippen LogP contribution >= 0.6 is 0 Å². The Morgan fingerprint density at radius 1 is 1.40 bits per heavy atom. The number of benzene rings is 1. The van der Waals surface area contributed by atoms with Crippen LogP contribution in [0.25, 0.3) is 10.9 Å². The Morgan fingerprint density at radius 3 is 2.87 bits per heavy atom. The highest BCUT2D eigenvalue weighted by Gasteiger charge is 2.28. The van der Waals surface area contributed by atoms with Gasteiger partial charge in [0.25, 0.3) is 0 Å². The molecule has 1 saturated carbocycles. The Balaban J connectivity index is 2.36. The summed E-state index contributed by atoms with van der Waals surface area (Å²) >= 11 is 0. The maximum absolute atomic E-state index is 11.1. The summed E-state index contributed by atoms with van der Waals surface area (Å²) in [5.41, 5.74) is 4.36. The van der Waals surface area contributed by atoms with Crippen LogP contribution in [0.5, 0.6) is 0 Å². The summed E-state index contributed by atoms with van der Waals surface area (Å²) in [5.74, 6) is 0.594. The molecular weight excluding hydrogens is 186 g/mol. The number of aromatic amines is 1. The Labute approximate surface area is 88.3 Å². The first-order chi connectivity index (χ1) is 7.31. The van der Waals surface area contributed by atoms with Crippen molar-refractivity contribution in [1.29, 1.82) is 0 Å². The molecule has 1 aromatic heterocycles. The van der Waals surface area contributed by atoms with Crippen molar-refractivity contribution in [2.24, 2.45) is 0 Å². The normalized spacial score (nSPS) is 15.8. The highest BCUT2D eigenvalue weighted by molar-refractivity contribution is 6.00. The number of para-hydroxylation sites is 1. The van der Waals surface area contributed by atoms with E-state index in [1.165, 1.54) is 18.4 Å². The Bertz CT molecular complexity index is 535. The summed E-state index contributed by atoms with van der Waals surface area (Å²) in [6, 6.07) is 6.10. The molecule has 0 atom stereocenters. The van der Waals surface area contributed by atoms with Crippen LogP contribution in [0, 0.1) is 6.92 Å². The molecule has 0 radical (unpaired) electrons. The number of aldehydes is 1. The van der Waals surface area contributed by atoms with E-state index >= 15 is 0 Å². The predicted octanol–water partition coefficient (Wildman–Crippen LogP) is 3.17. The molecule has 3 rings (SSSR count). The summed E-state index contributed by atoms with van der Waals surface area (Å²) in [6.07, 6.45) is 3.42. The fourth-order valence-electron chi connectivity index (χ4n) is 2.23. The van der Waals surface area contributed by atoms with Gasteiger partial charge in [-0.25, -0.2) is 0 Å². The third-order valence-corrected chi connectivity index (χ3v) is 3.22. The van der Waals surface area contributed by atoms with E-state index in [9.17, 15) is 4.79 Å². The highest BCUT2D eigenvalue weighted by atomic mass is 16.1.